The molecular formula is C46H28N4O. The van der Waals surface area contributed by atoms with Gasteiger partial charge in [-0.2, -0.15) is 0 Å². The Morgan fingerprint density at radius 3 is 1.71 bits per heavy atom. The van der Waals surface area contributed by atoms with Crippen molar-refractivity contribution in [2.75, 3.05) is 0 Å². The molecule has 0 aliphatic heterocycles. The minimum atomic E-state index is 0.678. The van der Waals surface area contributed by atoms with Crippen LogP contribution in [-0.2, 0) is 0 Å². The van der Waals surface area contributed by atoms with E-state index in [1.807, 2.05) is 18.2 Å². The number of nitrogens with zero attached hydrogens (tertiary/aromatic N) is 4. The average molecular weight is 653 g/mol. The molecule has 0 spiro atoms. The summed E-state index contributed by atoms with van der Waals surface area (Å²) in [4.78, 5) is 9.51. The molecule has 5 nitrogen and oxygen atoms in total. The molecule has 11 rings (SSSR count). The SMILES string of the molecule is c1ccc(-c2ccc(-c3cccc(-n4c5ccccc5c5cc6c(cc54)c4ccccc4n6-c4ncnc5c4oc4ccccc45)c3)cc2)cc1. The van der Waals surface area contributed by atoms with Gasteiger partial charge in [0.25, 0.3) is 0 Å². The van der Waals surface area contributed by atoms with E-state index in [0.29, 0.717) is 5.58 Å². The van der Waals surface area contributed by atoms with Crippen molar-refractivity contribution in [1.82, 2.24) is 19.1 Å². The maximum absolute atomic E-state index is 6.45. The van der Waals surface area contributed by atoms with E-state index in [9.17, 15) is 0 Å². The molecule has 0 N–H and O–H groups in total. The van der Waals surface area contributed by atoms with Gasteiger partial charge < -0.3 is 8.98 Å². The minimum Gasteiger partial charge on any atom is -0.450 e. The molecule has 5 heteroatoms. The Kier molecular flexibility index (Phi) is 5.89. The summed E-state index contributed by atoms with van der Waals surface area (Å²) in [6.45, 7) is 0. The molecule has 4 heterocycles. The van der Waals surface area contributed by atoms with Crippen LogP contribution in [-0.4, -0.2) is 19.1 Å². The molecule has 0 unspecified atom stereocenters. The van der Waals surface area contributed by atoms with Crippen LogP contribution < -0.4 is 0 Å². The number of fused-ring (bicyclic) bond motifs is 9. The standard InChI is InChI=1S/C46H28N4O/c1-2-11-29(12-3-1)30-21-23-31(24-22-30)32-13-10-14-33(25-32)49-39-18-7-4-15-34(39)37-27-42-38(26-41(37)49)35-16-5-8-19-40(35)50(42)46-45-44(47-28-48-46)36-17-6-9-20-43(36)51-45/h1-28H. The predicted octanol–water partition coefficient (Wildman–Crippen LogP) is 11.9. The molecule has 7 aromatic carbocycles. The van der Waals surface area contributed by atoms with Gasteiger partial charge in [-0.05, 0) is 70.8 Å². The molecule has 0 amide bonds. The lowest BCUT2D eigenvalue weighted by Crippen LogP contribution is -1.98. The van der Waals surface area contributed by atoms with E-state index >= 15 is 0 Å². The van der Waals surface area contributed by atoms with Gasteiger partial charge in [0.1, 0.15) is 17.4 Å². The molecule has 51 heavy (non-hydrogen) atoms. The molecule has 0 bridgehead atoms. The van der Waals surface area contributed by atoms with Gasteiger partial charge in [-0.1, -0.05) is 115 Å². The third-order valence-corrected chi connectivity index (χ3v) is 10.2. The fourth-order valence-electron chi connectivity index (χ4n) is 7.92. The highest BCUT2D eigenvalue weighted by molar-refractivity contribution is 6.19. The zero-order chi connectivity index (χ0) is 33.5. The van der Waals surface area contributed by atoms with Crippen LogP contribution in [0.1, 0.15) is 0 Å². The number of benzene rings is 7. The summed E-state index contributed by atoms with van der Waals surface area (Å²) >= 11 is 0. The first-order valence-electron chi connectivity index (χ1n) is 17.2. The van der Waals surface area contributed by atoms with Crippen LogP contribution in [0.3, 0.4) is 0 Å². The number of aromatic nitrogens is 4. The molecular weight excluding hydrogens is 625 g/mol. The quantitative estimate of drug-likeness (QED) is 0.190. The van der Waals surface area contributed by atoms with Gasteiger partial charge >= 0.3 is 0 Å². The summed E-state index contributed by atoms with van der Waals surface area (Å²) in [6.07, 6.45) is 1.65. The second kappa shape index (κ2) is 10.8. The first-order chi connectivity index (χ1) is 25.3. The monoisotopic (exact) mass is 652 g/mol. The summed E-state index contributed by atoms with van der Waals surface area (Å²) in [5, 5.41) is 5.66. The molecule has 0 saturated heterocycles. The number of para-hydroxylation sites is 3. The lowest BCUT2D eigenvalue weighted by atomic mass is 10.00. The number of furan rings is 1. The number of hydrogen-bond acceptors (Lipinski definition) is 3. The van der Waals surface area contributed by atoms with E-state index in [0.717, 1.165) is 60.8 Å². The first kappa shape index (κ1) is 27.9. The molecule has 0 aliphatic rings. The summed E-state index contributed by atoms with van der Waals surface area (Å²) in [6, 6.07) is 58.2. The second-order valence-electron chi connectivity index (χ2n) is 13.1. The molecule has 0 aliphatic carbocycles. The summed E-state index contributed by atoms with van der Waals surface area (Å²) in [7, 11) is 0. The van der Waals surface area contributed by atoms with Crippen molar-refractivity contribution in [1.29, 1.82) is 0 Å². The maximum atomic E-state index is 6.45. The van der Waals surface area contributed by atoms with Crippen molar-refractivity contribution in [2.24, 2.45) is 0 Å². The summed E-state index contributed by atoms with van der Waals surface area (Å²) in [5.74, 6) is 0.733. The Morgan fingerprint density at radius 2 is 0.961 bits per heavy atom. The highest BCUT2D eigenvalue weighted by Crippen LogP contribution is 2.41. The number of hydrogen-bond donors (Lipinski definition) is 0. The third kappa shape index (κ3) is 4.15. The lowest BCUT2D eigenvalue weighted by Gasteiger charge is -2.11. The zero-order valence-electron chi connectivity index (χ0n) is 27.4. The van der Waals surface area contributed by atoms with E-state index in [1.165, 1.54) is 33.0 Å². The fourth-order valence-corrected chi connectivity index (χ4v) is 7.92. The van der Waals surface area contributed by atoms with Gasteiger partial charge in [0.2, 0.25) is 0 Å². The number of rotatable bonds is 4. The van der Waals surface area contributed by atoms with E-state index < -0.39 is 0 Å². The van der Waals surface area contributed by atoms with Crippen molar-refractivity contribution in [2.45, 2.75) is 0 Å². The van der Waals surface area contributed by atoms with Gasteiger partial charge in [-0.25, -0.2) is 9.97 Å². The van der Waals surface area contributed by atoms with Crippen molar-refractivity contribution >= 4 is 65.7 Å². The van der Waals surface area contributed by atoms with Crippen LogP contribution in [0.25, 0.3) is 99.4 Å². The molecule has 11 aromatic rings. The maximum Gasteiger partial charge on any atom is 0.197 e. The largest absolute Gasteiger partial charge is 0.450 e. The van der Waals surface area contributed by atoms with E-state index in [4.69, 9.17) is 9.40 Å². The lowest BCUT2D eigenvalue weighted by molar-refractivity contribution is 0.662. The summed E-state index contributed by atoms with van der Waals surface area (Å²) < 4.78 is 11.1. The van der Waals surface area contributed by atoms with Crippen molar-refractivity contribution < 1.29 is 4.42 Å². The topological polar surface area (TPSA) is 48.8 Å². The Bertz CT molecular complexity index is 3130. The highest BCUT2D eigenvalue weighted by atomic mass is 16.3. The van der Waals surface area contributed by atoms with Gasteiger partial charge in [-0.15, -0.1) is 0 Å². The Balaban J connectivity index is 1.14. The molecule has 4 aromatic heterocycles. The molecule has 0 atom stereocenters. The van der Waals surface area contributed by atoms with Crippen LogP contribution in [0.5, 0.6) is 0 Å². The normalized spacial score (nSPS) is 11.9. The van der Waals surface area contributed by atoms with Gasteiger partial charge in [0.15, 0.2) is 11.4 Å². The van der Waals surface area contributed by atoms with Crippen molar-refractivity contribution in [3.8, 4) is 33.8 Å². The Labute approximate surface area is 292 Å². The summed E-state index contributed by atoms with van der Waals surface area (Å²) in [5.41, 5.74) is 12.7. The third-order valence-electron chi connectivity index (χ3n) is 10.2. The fraction of sp³-hybridized carbons (Fsp3) is 0. The van der Waals surface area contributed by atoms with Crippen molar-refractivity contribution in [3.63, 3.8) is 0 Å². The second-order valence-corrected chi connectivity index (χ2v) is 13.1. The minimum absolute atomic E-state index is 0.678. The zero-order valence-corrected chi connectivity index (χ0v) is 27.4. The Hall–Kier alpha value is -6.98. The molecule has 0 fully saturated rings. The van der Waals surface area contributed by atoms with Crippen LogP contribution in [0.2, 0.25) is 0 Å². The predicted molar refractivity (Wildman–Crippen MR) is 209 cm³/mol. The average Bonchev–Trinajstić information content (AvgIpc) is 3.85. The van der Waals surface area contributed by atoms with Gasteiger partial charge in [0, 0.05) is 32.6 Å². The van der Waals surface area contributed by atoms with Crippen molar-refractivity contribution in [3.05, 3.63) is 170 Å². The van der Waals surface area contributed by atoms with Gasteiger partial charge in [0.05, 0.1) is 22.1 Å². The van der Waals surface area contributed by atoms with E-state index in [2.05, 4.69) is 160 Å². The van der Waals surface area contributed by atoms with E-state index in [1.54, 1.807) is 6.33 Å². The Morgan fingerprint density at radius 1 is 0.392 bits per heavy atom. The van der Waals surface area contributed by atoms with Crippen LogP contribution in [0, 0.1) is 0 Å². The first-order valence-corrected chi connectivity index (χ1v) is 17.2. The molecule has 0 radical (unpaired) electrons. The highest BCUT2D eigenvalue weighted by Gasteiger charge is 2.22. The van der Waals surface area contributed by atoms with Crippen LogP contribution in [0.4, 0.5) is 0 Å². The molecule has 0 saturated carbocycles. The van der Waals surface area contributed by atoms with E-state index in [-0.39, 0.29) is 0 Å². The van der Waals surface area contributed by atoms with Crippen LogP contribution in [0.15, 0.2) is 175 Å². The molecule has 238 valence electrons. The van der Waals surface area contributed by atoms with Gasteiger partial charge in [-0.3, -0.25) is 4.57 Å². The van der Waals surface area contributed by atoms with Crippen LogP contribution >= 0.6 is 0 Å². The smallest absolute Gasteiger partial charge is 0.197 e.